The molecule has 0 aromatic heterocycles. The molecule has 1 aliphatic heterocycles. The highest BCUT2D eigenvalue weighted by molar-refractivity contribution is 8.04. The van der Waals surface area contributed by atoms with Crippen molar-refractivity contribution in [3.63, 3.8) is 0 Å². The predicted octanol–water partition coefficient (Wildman–Crippen LogP) is 5.70. The van der Waals surface area contributed by atoms with Gasteiger partial charge in [0.25, 0.3) is 5.91 Å². The van der Waals surface area contributed by atoms with Crippen LogP contribution >= 0.6 is 23.4 Å². The molecule has 3 aromatic rings. The minimum atomic E-state index is -0.214. The molecule has 3 aromatic carbocycles. The predicted molar refractivity (Wildman–Crippen MR) is 127 cm³/mol. The standard InChI is InChI=1S/C25H21ClN2O2S/c1-17(19-9-3-2-4-10-19)27-24(29)16-28-21-12-5-6-13-22(21)31-23(25(28)30)15-18-8-7-11-20(26)14-18/h2-15,17H,16H2,1H3,(H,27,29). The van der Waals surface area contributed by atoms with Crippen LogP contribution in [0.15, 0.2) is 88.7 Å². The highest BCUT2D eigenvalue weighted by Gasteiger charge is 2.30. The maximum absolute atomic E-state index is 13.3. The molecule has 4 rings (SSSR count). The molecule has 1 N–H and O–H groups in total. The van der Waals surface area contributed by atoms with Gasteiger partial charge < -0.3 is 5.32 Å². The summed E-state index contributed by atoms with van der Waals surface area (Å²) in [6.45, 7) is 1.87. The van der Waals surface area contributed by atoms with Crippen molar-refractivity contribution >= 4 is 46.9 Å². The smallest absolute Gasteiger partial charge is 0.265 e. The summed E-state index contributed by atoms with van der Waals surface area (Å²) in [5, 5.41) is 3.60. The number of anilines is 1. The number of nitrogens with zero attached hydrogens (tertiary/aromatic N) is 1. The van der Waals surface area contributed by atoms with Crippen LogP contribution in [0.5, 0.6) is 0 Å². The highest BCUT2D eigenvalue weighted by Crippen LogP contribution is 2.42. The van der Waals surface area contributed by atoms with Crippen LogP contribution in [0.4, 0.5) is 5.69 Å². The van der Waals surface area contributed by atoms with E-state index in [1.165, 1.54) is 16.7 Å². The molecule has 0 fully saturated rings. The van der Waals surface area contributed by atoms with Crippen LogP contribution in [0, 0.1) is 0 Å². The summed E-state index contributed by atoms with van der Waals surface area (Å²) in [4.78, 5) is 29.1. The topological polar surface area (TPSA) is 49.4 Å². The second-order valence-corrected chi connectivity index (χ2v) is 8.74. The summed E-state index contributed by atoms with van der Waals surface area (Å²) in [6.07, 6.45) is 1.81. The van der Waals surface area contributed by atoms with Gasteiger partial charge in [0.05, 0.1) is 16.6 Å². The zero-order valence-corrected chi connectivity index (χ0v) is 18.5. The average molecular weight is 449 g/mol. The molecule has 6 heteroatoms. The first kappa shape index (κ1) is 21.2. The van der Waals surface area contributed by atoms with E-state index in [-0.39, 0.29) is 24.4 Å². The molecule has 1 heterocycles. The SMILES string of the molecule is CC(NC(=O)CN1C(=O)C(=Cc2cccc(Cl)c2)Sc2ccccc21)c1ccccc1. The molecule has 1 aliphatic rings. The van der Waals surface area contributed by atoms with Crippen molar-refractivity contribution in [1.82, 2.24) is 5.32 Å². The molecule has 4 nitrogen and oxygen atoms in total. The first-order valence-electron chi connectivity index (χ1n) is 9.91. The van der Waals surface area contributed by atoms with Gasteiger partial charge in [0.2, 0.25) is 5.91 Å². The van der Waals surface area contributed by atoms with Gasteiger partial charge in [-0.25, -0.2) is 0 Å². The molecule has 0 saturated heterocycles. The Labute approximate surface area is 190 Å². The average Bonchev–Trinajstić information content (AvgIpc) is 2.77. The lowest BCUT2D eigenvalue weighted by atomic mass is 10.1. The molecule has 0 saturated carbocycles. The minimum Gasteiger partial charge on any atom is -0.348 e. The van der Waals surface area contributed by atoms with Crippen molar-refractivity contribution in [3.8, 4) is 0 Å². The Hall–Kier alpha value is -3.02. The Kier molecular flexibility index (Phi) is 6.44. The number of halogens is 1. The number of benzene rings is 3. The summed E-state index contributed by atoms with van der Waals surface area (Å²) >= 11 is 7.49. The molecular formula is C25H21ClN2O2S. The molecule has 156 valence electrons. The maximum atomic E-state index is 13.3. The number of hydrogen-bond acceptors (Lipinski definition) is 3. The molecule has 0 bridgehead atoms. The second kappa shape index (κ2) is 9.41. The Balaban J connectivity index is 1.58. The zero-order valence-electron chi connectivity index (χ0n) is 16.9. The van der Waals surface area contributed by atoms with E-state index in [0.29, 0.717) is 9.93 Å². The Morgan fingerprint density at radius 1 is 1.06 bits per heavy atom. The lowest BCUT2D eigenvalue weighted by Gasteiger charge is -2.30. The molecule has 0 aliphatic carbocycles. The van der Waals surface area contributed by atoms with E-state index < -0.39 is 0 Å². The quantitative estimate of drug-likeness (QED) is 0.509. The lowest BCUT2D eigenvalue weighted by molar-refractivity contribution is -0.122. The second-order valence-electron chi connectivity index (χ2n) is 7.22. The fraction of sp³-hybridized carbons (Fsp3) is 0.120. The van der Waals surface area contributed by atoms with Crippen LogP contribution in [0.25, 0.3) is 6.08 Å². The zero-order chi connectivity index (χ0) is 21.8. The number of fused-ring (bicyclic) bond motifs is 1. The van der Waals surface area contributed by atoms with Gasteiger partial charge in [0.15, 0.2) is 0 Å². The third-order valence-corrected chi connectivity index (χ3v) is 6.27. The number of nitrogens with one attached hydrogen (secondary N) is 1. The number of para-hydroxylation sites is 1. The van der Waals surface area contributed by atoms with Gasteiger partial charge in [0.1, 0.15) is 6.54 Å². The van der Waals surface area contributed by atoms with Crippen LogP contribution in [-0.4, -0.2) is 18.4 Å². The Morgan fingerprint density at radius 2 is 1.81 bits per heavy atom. The molecule has 2 amide bonds. The summed E-state index contributed by atoms with van der Waals surface area (Å²) < 4.78 is 0. The van der Waals surface area contributed by atoms with Crippen LogP contribution in [0.1, 0.15) is 24.1 Å². The summed E-state index contributed by atoms with van der Waals surface area (Å²) in [5.74, 6) is -0.417. The van der Waals surface area contributed by atoms with Gasteiger partial charge in [0, 0.05) is 9.92 Å². The normalized spacial score (nSPS) is 15.5. The fourth-order valence-electron chi connectivity index (χ4n) is 3.42. The van der Waals surface area contributed by atoms with Crippen LogP contribution in [-0.2, 0) is 9.59 Å². The van der Waals surface area contributed by atoms with Crippen molar-refractivity contribution in [2.24, 2.45) is 0 Å². The number of carbonyl (C=O) groups excluding carboxylic acids is 2. The van der Waals surface area contributed by atoms with E-state index >= 15 is 0 Å². The van der Waals surface area contributed by atoms with Crippen LogP contribution in [0.2, 0.25) is 5.02 Å². The van der Waals surface area contributed by atoms with Gasteiger partial charge in [-0.2, -0.15) is 0 Å². The van der Waals surface area contributed by atoms with Gasteiger partial charge in [-0.3, -0.25) is 14.5 Å². The van der Waals surface area contributed by atoms with E-state index in [0.717, 1.165) is 21.7 Å². The largest absolute Gasteiger partial charge is 0.348 e. The van der Waals surface area contributed by atoms with Crippen molar-refractivity contribution in [2.45, 2.75) is 17.9 Å². The van der Waals surface area contributed by atoms with E-state index in [1.807, 2.05) is 85.8 Å². The van der Waals surface area contributed by atoms with Gasteiger partial charge in [-0.1, -0.05) is 78.0 Å². The molecule has 0 spiro atoms. The summed E-state index contributed by atoms with van der Waals surface area (Å²) in [6, 6.07) is 24.5. The number of rotatable bonds is 5. The third-order valence-electron chi connectivity index (χ3n) is 4.96. The number of hydrogen-bond donors (Lipinski definition) is 1. The van der Waals surface area contributed by atoms with E-state index in [4.69, 9.17) is 11.6 Å². The number of carbonyl (C=O) groups is 2. The summed E-state index contributed by atoms with van der Waals surface area (Å²) in [5.41, 5.74) is 2.59. The van der Waals surface area contributed by atoms with E-state index in [9.17, 15) is 9.59 Å². The fourth-order valence-corrected chi connectivity index (χ4v) is 4.68. The van der Waals surface area contributed by atoms with Crippen molar-refractivity contribution in [1.29, 1.82) is 0 Å². The molecular weight excluding hydrogens is 428 g/mol. The van der Waals surface area contributed by atoms with Gasteiger partial charge >= 0.3 is 0 Å². The Bertz CT molecular complexity index is 1150. The first-order valence-corrected chi connectivity index (χ1v) is 11.1. The highest BCUT2D eigenvalue weighted by atomic mass is 35.5. The first-order chi connectivity index (χ1) is 15.0. The summed E-state index contributed by atoms with van der Waals surface area (Å²) in [7, 11) is 0. The van der Waals surface area contributed by atoms with Crippen LogP contribution in [0.3, 0.4) is 0 Å². The molecule has 0 radical (unpaired) electrons. The van der Waals surface area contributed by atoms with Crippen LogP contribution < -0.4 is 10.2 Å². The van der Waals surface area contributed by atoms with Crippen molar-refractivity contribution < 1.29 is 9.59 Å². The number of thioether (sulfide) groups is 1. The minimum absolute atomic E-state index is 0.0551. The van der Waals surface area contributed by atoms with Gasteiger partial charge in [-0.05, 0) is 48.4 Å². The van der Waals surface area contributed by atoms with Crippen molar-refractivity contribution in [2.75, 3.05) is 11.4 Å². The Morgan fingerprint density at radius 3 is 2.58 bits per heavy atom. The molecule has 1 atom stereocenters. The maximum Gasteiger partial charge on any atom is 0.265 e. The van der Waals surface area contributed by atoms with Gasteiger partial charge in [-0.15, -0.1) is 0 Å². The van der Waals surface area contributed by atoms with Crippen molar-refractivity contribution in [3.05, 3.63) is 99.9 Å². The number of amides is 2. The molecule has 1 unspecified atom stereocenters. The third kappa shape index (κ3) is 5.01. The van der Waals surface area contributed by atoms with E-state index in [1.54, 1.807) is 6.07 Å². The lowest BCUT2D eigenvalue weighted by Crippen LogP contribution is -2.43. The monoisotopic (exact) mass is 448 g/mol. The molecule has 31 heavy (non-hydrogen) atoms. The van der Waals surface area contributed by atoms with E-state index in [2.05, 4.69) is 5.32 Å².